The third kappa shape index (κ3) is 2.18. The number of nitrogens with zero attached hydrogens (tertiary/aromatic N) is 2. The molecule has 2 aromatic carbocycles. The van der Waals surface area contributed by atoms with E-state index in [0.717, 1.165) is 18.8 Å². The van der Waals surface area contributed by atoms with E-state index in [-0.39, 0.29) is 5.84 Å². The van der Waals surface area contributed by atoms with Gasteiger partial charge in [-0.25, -0.2) is 0 Å². The minimum Gasteiger partial charge on any atom is -0.409 e. The first-order chi connectivity index (χ1) is 9.69. The van der Waals surface area contributed by atoms with Crippen LogP contribution in [0.3, 0.4) is 0 Å². The van der Waals surface area contributed by atoms with Crippen LogP contribution in [-0.2, 0) is 13.1 Å². The first-order valence-electron chi connectivity index (χ1n) is 6.28. The highest BCUT2D eigenvalue weighted by atomic mass is 35.5. The molecule has 2 aromatic rings. The van der Waals surface area contributed by atoms with E-state index in [1.54, 1.807) is 6.07 Å². The fourth-order valence-corrected chi connectivity index (χ4v) is 2.72. The van der Waals surface area contributed by atoms with Gasteiger partial charge in [-0.1, -0.05) is 41.0 Å². The number of nitrogens with two attached hydrogens (primary N) is 1. The van der Waals surface area contributed by atoms with Crippen molar-refractivity contribution in [3.05, 3.63) is 64.2 Å². The molecule has 5 heteroatoms. The smallest absolute Gasteiger partial charge is 0.172 e. The van der Waals surface area contributed by atoms with Gasteiger partial charge in [0.2, 0.25) is 0 Å². The largest absolute Gasteiger partial charge is 0.409 e. The Balaban J connectivity index is 2.01. The van der Waals surface area contributed by atoms with Gasteiger partial charge in [0.25, 0.3) is 0 Å². The molecular weight excluding hydrogens is 274 g/mol. The summed E-state index contributed by atoms with van der Waals surface area (Å²) in [5.41, 5.74) is 9.91. The van der Waals surface area contributed by atoms with Crippen LogP contribution < -0.4 is 10.6 Å². The normalized spacial score (nSPS) is 14.4. The van der Waals surface area contributed by atoms with E-state index in [1.165, 1.54) is 11.1 Å². The summed E-state index contributed by atoms with van der Waals surface area (Å²) in [4.78, 5) is 2.19. The Labute approximate surface area is 122 Å². The topological polar surface area (TPSA) is 61.9 Å². The number of halogens is 1. The number of fused-ring (bicyclic) bond motifs is 1. The lowest BCUT2D eigenvalue weighted by atomic mass is 10.1. The lowest BCUT2D eigenvalue weighted by Crippen LogP contribution is -2.21. The van der Waals surface area contributed by atoms with E-state index in [0.29, 0.717) is 10.6 Å². The van der Waals surface area contributed by atoms with Gasteiger partial charge in [-0.15, -0.1) is 0 Å². The van der Waals surface area contributed by atoms with Crippen molar-refractivity contribution < 1.29 is 5.21 Å². The molecule has 0 fully saturated rings. The van der Waals surface area contributed by atoms with E-state index in [1.807, 2.05) is 24.3 Å². The minimum atomic E-state index is 0.0680. The molecule has 20 heavy (non-hydrogen) atoms. The highest BCUT2D eigenvalue weighted by Crippen LogP contribution is 2.31. The Morgan fingerprint density at radius 2 is 1.80 bits per heavy atom. The Kier molecular flexibility index (Phi) is 3.24. The summed E-state index contributed by atoms with van der Waals surface area (Å²) in [7, 11) is 0. The summed E-state index contributed by atoms with van der Waals surface area (Å²) < 4.78 is 0. The minimum absolute atomic E-state index is 0.0680. The van der Waals surface area contributed by atoms with Gasteiger partial charge >= 0.3 is 0 Å². The van der Waals surface area contributed by atoms with Crippen LogP contribution in [-0.4, -0.2) is 11.0 Å². The van der Waals surface area contributed by atoms with Crippen molar-refractivity contribution in [2.24, 2.45) is 10.9 Å². The predicted molar refractivity (Wildman–Crippen MR) is 80.3 cm³/mol. The van der Waals surface area contributed by atoms with Crippen molar-refractivity contribution in [1.82, 2.24) is 0 Å². The SMILES string of the molecule is NC(=NO)c1cc(Cl)ccc1N1Cc2ccccc2C1. The average molecular weight is 288 g/mol. The van der Waals surface area contributed by atoms with Crippen LogP contribution in [0.25, 0.3) is 0 Å². The Hall–Kier alpha value is -2.20. The van der Waals surface area contributed by atoms with Crippen molar-refractivity contribution >= 4 is 23.1 Å². The maximum absolute atomic E-state index is 8.92. The van der Waals surface area contributed by atoms with E-state index >= 15 is 0 Å². The molecule has 102 valence electrons. The Morgan fingerprint density at radius 1 is 1.15 bits per heavy atom. The fraction of sp³-hybridized carbons (Fsp3) is 0.133. The number of oxime groups is 1. The average Bonchev–Trinajstić information content (AvgIpc) is 2.90. The second kappa shape index (κ2) is 5.06. The summed E-state index contributed by atoms with van der Waals surface area (Å²) >= 11 is 6.00. The van der Waals surface area contributed by atoms with Gasteiger partial charge in [0.1, 0.15) is 0 Å². The van der Waals surface area contributed by atoms with Crippen molar-refractivity contribution in [3.8, 4) is 0 Å². The molecule has 0 unspecified atom stereocenters. The number of amidine groups is 1. The monoisotopic (exact) mass is 287 g/mol. The molecule has 3 rings (SSSR count). The number of anilines is 1. The number of rotatable bonds is 2. The third-order valence-electron chi connectivity index (χ3n) is 3.52. The number of hydrogen-bond donors (Lipinski definition) is 2. The van der Waals surface area contributed by atoms with Crippen molar-refractivity contribution in [1.29, 1.82) is 0 Å². The summed E-state index contributed by atoms with van der Waals surface area (Å²) in [5, 5.41) is 12.6. The van der Waals surface area contributed by atoms with Gasteiger partial charge in [0.15, 0.2) is 5.84 Å². The lowest BCUT2D eigenvalue weighted by molar-refractivity contribution is 0.318. The lowest BCUT2D eigenvalue weighted by Gasteiger charge is -2.21. The molecule has 0 spiro atoms. The highest BCUT2D eigenvalue weighted by Gasteiger charge is 2.22. The molecular formula is C15H14ClN3O. The molecule has 0 aliphatic carbocycles. The van der Waals surface area contributed by atoms with Gasteiger partial charge in [-0.2, -0.15) is 0 Å². The molecule has 0 radical (unpaired) electrons. The maximum Gasteiger partial charge on any atom is 0.172 e. The first-order valence-corrected chi connectivity index (χ1v) is 6.66. The zero-order valence-corrected chi connectivity index (χ0v) is 11.5. The fourth-order valence-electron chi connectivity index (χ4n) is 2.55. The van der Waals surface area contributed by atoms with E-state index < -0.39 is 0 Å². The quantitative estimate of drug-likeness (QED) is 0.386. The molecule has 0 aromatic heterocycles. The van der Waals surface area contributed by atoms with Crippen molar-refractivity contribution in [2.45, 2.75) is 13.1 Å². The molecule has 4 nitrogen and oxygen atoms in total. The predicted octanol–water partition coefficient (Wildman–Crippen LogP) is 2.95. The summed E-state index contributed by atoms with van der Waals surface area (Å²) in [6.45, 7) is 1.62. The van der Waals surface area contributed by atoms with Crippen LogP contribution in [0.4, 0.5) is 5.69 Å². The molecule has 0 bridgehead atoms. The maximum atomic E-state index is 8.92. The molecule has 3 N–H and O–H groups in total. The first kappa shape index (κ1) is 12.8. The van der Waals surface area contributed by atoms with Crippen LogP contribution >= 0.6 is 11.6 Å². The second-order valence-electron chi connectivity index (χ2n) is 4.77. The summed E-state index contributed by atoms with van der Waals surface area (Å²) in [5.74, 6) is 0.0680. The molecule has 0 saturated carbocycles. The van der Waals surface area contributed by atoms with Crippen LogP contribution in [0.15, 0.2) is 47.6 Å². The highest BCUT2D eigenvalue weighted by molar-refractivity contribution is 6.31. The molecule has 0 amide bonds. The third-order valence-corrected chi connectivity index (χ3v) is 3.76. The van der Waals surface area contributed by atoms with Crippen LogP contribution in [0.5, 0.6) is 0 Å². The molecule has 1 heterocycles. The van der Waals surface area contributed by atoms with Gasteiger partial charge in [0, 0.05) is 29.4 Å². The van der Waals surface area contributed by atoms with Gasteiger partial charge < -0.3 is 15.8 Å². The van der Waals surface area contributed by atoms with Crippen molar-refractivity contribution in [2.75, 3.05) is 4.90 Å². The summed E-state index contributed by atoms with van der Waals surface area (Å²) in [6.07, 6.45) is 0. The van der Waals surface area contributed by atoms with Gasteiger partial charge in [-0.3, -0.25) is 0 Å². The zero-order chi connectivity index (χ0) is 14.1. The molecule has 1 aliphatic heterocycles. The number of benzene rings is 2. The van der Waals surface area contributed by atoms with Crippen LogP contribution in [0, 0.1) is 0 Å². The molecule has 0 atom stereocenters. The van der Waals surface area contributed by atoms with E-state index in [2.05, 4.69) is 22.2 Å². The second-order valence-corrected chi connectivity index (χ2v) is 5.21. The van der Waals surface area contributed by atoms with E-state index in [9.17, 15) is 0 Å². The van der Waals surface area contributed by atoms with Gasteiger partial charge in [-0.05, 0) is 29.3 Å². The van der Waals surface area contributed by atoms with Crippen LogP contribution in [0.2, 0.25) is 5.02 Å². The number of hydrogen-bond acceptors (Lipinski definition) is 3. The van der Waals surface area contributed by atoms with E-state index in [4.69, 9.17) is 22.5 Å². The van der Waals surface area contributed by atoms with Gasteiger partial charge in [0.05, 0.1) is 0 Å². The molecule has 0 saturated heterocycles. The Morgan fingerprint density at radius 3 is 2.40 bits per heavy atom. The standard InChI is InChI=1S/C15H14ClN3O/c16-12-5-6-14(13(7-12)15(17)18-20)19-8-10-3-1-2-4-11(10)9-19/h1-7,20H,8-9H2,(H2,17,18). The summed E-state index contributed by atoms with van der Waals surface area (Å²) in [6, 6.07) is 13.7. The van der Waals surface area contributed by atoms with Crippen LogP contribution in [0.1, 0.15) is 16.7 Å². The molecule has 1 aliphatic rings. The van der Waals surface area contributed by atoms with Crippen molar-refractivity contribution in [3.63, 3.8) is 0 Å². The zero-order valence-electron chi connectivity index (χ0n) is 10.8. The Bertz CT molecular complexity index is 660.